The molecule has 2 aromatic rings. The maximum Gasteiger partial charge on any atom is 0.416 e. The number of benzene rings is 2. The van der Waals surface area contributed by atoms with Crippen molar-refractivity contribution in [1.82, 2.24) is 5.32 Å². The first-order valence-corrected chi connectivity index (χ1v) is 8.68. The third kappa shape index (κ3) is 4.42. The highest BCUT2D eigenvalue weighted by Crippen LogP contribution is 2.30. The van der Waals surface area contributed by atoms with Crippen LogP contribution in [-0.4, -0.2) is 18.4 Å². The zero-order valence-electron chi connectivity index (χ0n) is 14.1. The Balaban J connectivity index is 1.74. The Morgan fingerprint density at radius 3 is 2.44 bits per heavy atom. The summed E-state index contributed by atoms with van der Waals surface area (Å²) in [5, 5.41) is 3.08. The number of halogens is 4. The predicted octanol–water partition coefficient (Wildman–Crippen LogP) is 4.42. The molecule has 142 valence electrons. The second-order valence-electron chi connectivity index (χ2n) is 6.19. The molecule has 4 nitrogen and oxygen atoms in total. The maximum absolute atomic E-state index is 12.6. The molecule has 2 aromatic carbocycles. The molecule has 1 heterocycles. The highest BCUT2D eigenvalue weighted by atomic mass is 35.5. The second kappa shape index (κ2) is 7.60. The highest BCUT2D eigenvalue weighted by molar-refractivity contribution is 6.31. The van der Waals surface area contributed by atoms with Gasteiger partial charge in [0.15, 0.2) is 0 Å². The summed E-state index contributed by atoms with van der Waals surface area (Å²) in [6.07, 6.45) is -3.28. The van der Waals surface area contributed by atoms with Crippen LogP contribution in [0.4, 0.5) is 18.9 Å². The van der Waals surface area contributed by atoms with Crippen LogP contribution in [0.1, 0.15) is 34.3 Å². The summed E-state index contributed by atoms with van der Waals surface area (Å²) in [5.74, 6) is -0.504. The van der Waals surface area contributed by atoms with E-state index in [0.29, 0.717) is 41.2 Å². The molecular weight excluding hydrogens is 381 g/mol. The third-order valence-corrected chi connectivity index (χ3v) is 4.54. The van der Waals surface area contributed by atoms with Gasteiger partial charge < -0.3 is 10.2 Å². The van der Waals surface area contributed by atoms with Gasteiger partial charge in [0.2, 0.25) is 5.91 Å². The van der Waals surface area contributed by atoms with Crippen molar-refractivity contribution < 1.29 is 22.8 Å². The Morgan fingerprint density at radius 2 is 1.85 bits per heavy atom. The SMILES string of the molecule is O=C(NCc1ccc(C(F)(F)F)cc1)c1ccc(Cl)cc1N1CCCC1=O. The number of rotatable bonds is 4. The van der Waals surface area contributed by atoms with Crippen LogP contribution in [0.2, 0.25) is 5.02 Å². The molecule has 27 heavy (non-hydrogen) atoms. The summed E-state index contributed by atoms with van der Waals surface area (Å²) < 4.78 is 37.8. The average Bonchev–Trinajstić information content (AvgIpc) is 3.05. The molecule has 1 saturated heterocycles. The maximum atomic E-state index is 12.6. The molecule has 0 radical (unpaired) electrons. The number of alkyl halides is 3. The topological polar surface area (TPSA) is 49.4 Å². The molecule has 8 heteroatoms. The Morgan fingerprint density at radius 1 is 1.15 bits per heavy atom. The molecule has 0 aliphatic carbocycles. The van der Waals surface area contributed by atoms with Crippen LogP contribution < -0.4 is 10.2 Å². The van der Waals surface area contributed by atoms with Crippen molar-refractivity contribution in [1.29, 1.82) is 0 Å². The van der Waals surface area contributed by atoms with Crippen molar-refractivity contribution in [2.24, 2.45) is 0 Å². The quantitative estimate of drug-likeness (QED) is 0.832. The Hall–Kier alpha value is -2.54. The lowest BCUT2D eigenvalue weighted by molar-refractivity contribution is -0.137. The highest BCUT2D eigenvalue weighted by Gasteiger charge is 2.30. The van der Waals surface area contributed by atoms with Crippen LogP contribution in [-0.2, 0) is 17.5 Å². The fourth-order valence-corrected chi connectivity index (χ4v) is 3.08. The van der Waals surface area contributed by atoms with Gasteiger partial charge in [-0.25, -0.2) is 0 Å². The number of nitrogens with zero attached hydrogens (tertiary/aromatic N) is 1. The molecule has 0 aromatic heterocycles. The first-order valence-electron chi connectivity index (χ1n) is 8.30. The zero-order valence-corrected chi connectivity index (χ0v) is 14.9. The minimum Gasteiger partial charge on any atom is -0.348 e. The molecule has 0 spiro atoms. The molecule has 0 atom stereocenters. The van der Waals surface area contributed by atoms with Crippen LogP contribution >= 0.6 is 11.6 Å². The normalized spacial score (nSPS) is 14.5. The van der Waals surface area contributed by atoms with Gasteiger partial charge in [-0.3, -0.25) is 9.59 Å². The van der Waals surface area contributed by atoms with E-state index in [4.69, 9.17) is 11.6 Å². The van der Waals surface area contributed by atoms with Crippen LogP contribution in [0.25, 0.3) is 0 Å². The van der Waals surface area contributed by atoms with Gasteiger partial charge in [0, 0.05) is 24.5 Å². The van der Waals surface area contributed by atoms with E-state index in [-0.39, 0.29) is 12.5 Å². The van der Waals surface area contributed by atoms with Crippen molar-refractivity contribution in [2.45, 2.75) is 25.6 Å². The predicted molar refractivity (Wildman–Crippen MR) is 95.7 cm³/mol. The summed E-state index contributed by atoms with van der Waals surface area (Å²) in [6, 6.07) is 9.23. The molecule has 1 N–H and O–H groups in total. The molecular formula is C19H16ClF3N2O2. The van der Waals surface area contributed by atoms with Crippen LogP contribution in [0.3, 0.4) is 0 Å². The molecule has 3 rings (SSSR count). The van der Waals surface area contributed by atoms with Crippen molar-refractivity contribution in [3.8, 4) is 0 Å². The standard InChI is InChI=1S/C19H16ClF3N2O2/c20-14-7-8-15(16(10-14)25-9-1-2-17(25)26)18(27)24-11-12-3-5-13(6-4-12)19(21,22)23/h3-8,10H,1-2,9,11H2,(H,24,27). The summed E-state index contributed by atoms with van der Waals surface area (Å²) in [6.45, 7) is 0.575. The second-order valence-corrected chi connectivity index (χ2v) is 6.62. The summed E-state index contributed by atoms with van der Waals surface area (Å²) in [7, 11) is 0. The van der Waals surface area contributed by atoms with Crippen molar-refractivity contribution in [2.75, 3.05) is 11.4 Å². The Kier molecular flexibility index (Phi) is 5.41. The van der Waals surface area contributed by atoms with Gasteiger partial charge in [-0.2, -0.15) is 13.2 Å². The summed E-state index contributed by atoms with van der Waals surface area (Å²) >= 11 is 6.01. The molecule has 2 amide bonds. The largest absolute Gasteiger partial charge is 0.416 e. The van der Waals surface area contributed by atoms with E-state index >= 15 is 0 Å². The van der Waals surface area contributed by atoms with E-state index in [1.165, 1.54) is 23.1 Å². The number of hydrogen-bond acceptors (Lipinski definition) is 2. The number of hydrogen-bond donors (Lipinski definition) is 1. The Bertz CT molecular complexity index is 866. The monoisotopic (exact) mass is 396 g/mol. The molecule has 0 saturated carbocycles. The van der Waals surface area contributed by atoms with Crippen LogP contribution in [0, 0.1) is 0 Å². The van der Waals surface area contributed by atoms with E-state index in [9.17, 15) is 22.8 Å². The van der Waals surface area contributed by atoms with Crippen LogP contribution in [0.5, 0.6) is 0 Å². The summed E-state index contributed by atoms with van der Waals surface area (Å²) in [5.41, 5.74) is 0.519. The molecule has 1 aliphatic heterocycles. The molecule has 1 fully saturated rings. The van der Waals surface area contributed by atoms with Gasteiger partial charge in [-0.1, -0.05) is 23.7 Å². The van der Waals surface area contributed by atoms with Gasteiger partial charge in [0.25, 0.3) is 5.91 Å². The van der Waals surface area contributed by atoms with E-state index < -0.39 is 17.6 Å². The summed E-state index contributed by atoms with van der Waals surface area (Å²) in [4.78, 5) is 26.1. The number of anilines is 1. The fourth-order valence-electron chi connectivity index (χ4n) is 2.91. The van der Waals surface area contributed by atoms with E-state index in [2.05, 4.69) is 5.32 Å². The van der Waals surface area contributed by atoms with Crippen molar-refractivity contribution in [3.05, 3.63) is 64.2 Å². The van der Waals surface area contributed by atoms with Gasteiger partial charge in [0.1, 0.15) is 0 Å². The number of carbonyl (C=O) groups is 2. The van der Waals surface area contributed by atoms with E-state index in [1.807, 2.05) is 0 Å². The minimum atomic E-state index is -4.40. The third-order valence-electron chi connectivity index (χ3n) is 4.30. The van der Waals surface area contributed by atoms with Gasteiger partial charge in [0.05, 0.1) is 16.8 Å². The number of carbonyl (C=O) groups excluding carboxylic acids is 2. The Labute approximate surface area is 158 Å². The van der Waals surface area contributed by atoms with Crippen molar-refractivity contribution >= 4 is 29.1 Å². The molecule has 0 bridgehead atoms. The number of nitrogens with one attached hydrogen (secondary N) is 1. The van der Waals surface area contributed by atoms with Gasteiger partial charge in [-0.05, 0) is 42.3 Å². The molecule has 1 aliphatic rings. The smallest absolute Gasteiger partial charge is 0.348 e. The first kappa shape index (κ1) is 19.2. The lowest BCUT2D eigenvalue weighted by atomic mass is 10.1. The van der Waals surface area contributed by atoms with Gasteiger partial charge in [-0.15, -0.1) is 0 Å². The minimum absolute atomic E-state index is 0.0625. The van der Waals surface area contributed by atoms with E-state index in [1.54, 1.807) is 12.1 Å². The number of amides is 2. The lowest BCUT2D eigenvalue weighted by Crippen LogP contribution is -2.29. The lowest BCUT2D eigenvalue weighted by Gasteiger charge is -2.20. The zero-order chi connectivity index (χ0) is 19.6. The van der Waals surface area contributed by atoms with Crippen molar-refractivity contribution in [3.63, 3.8) is 0 Å². The first-order chi connectivity index (χ1) is 12.8. The van der Waals surface area contributed by atoms with Gasteiger partial charge >= 0.3 is 6.18 Å². The average molecular weight is 397 g/mol. The fraction of sp³-hybridized carbons (Fsp3) is 0.263. The molecule has 0 unspecified atom stereocenters. The van der Waals surface area contributed by atoms with E-state index in [0.717, 1.165) is 12.1 Å². The van der Waals surface area contributed by atoms with Crippen LogP contribution in [0.15, 0.2) is 42.5 Å².